The average molecular weight is 355 g/mol. The fourth-order valence-electron chi connectivity index (χ4n) is 2.08. The van der Waals surface area contributed by atoms with E-state index in [4.69, 9.17) is 14.9 Å². The van der Waals surface area contributed by atoms with Crippen molar-refractivity contribution in [3.63, 3.8) is 0 Å². The lowest BCUT2D eigenvalue weighted by molar-refractivity contribution is 0.282. The molecule has 0 saturated carbocycles. The van der Waals surface area contributed by atoms with Gasteiger partial charge in [0.25, 0.3) is 0 Å². The number of rotatable bonds is 6. The molecular weight excluding hydrogens is 340 g/mol. The first-order valence-corrected chi connectivity index (χ1v) is 7.75. The van der Waals surface area contributed by atoms with Crippen molar-refractivity contribution in [2.75, 3.05) is 0 Å². The van der Waals surface area contributed by atoms with Crippen molar-refractivity contribution >= 4 is 5.90 Å². The number of hydrogen-bond acceptors (Lipinski definition) is 5. The van der Waals surface area contributed by atoms with E-state index in [-0.39, 0.29) is 42.3 Å². The van der Waals surface area contributed by atoms with Crippen LogP contribution in [0.15, 0.2) is 60.9 Å². The number of aromatic nitrogens is 2. The van der Waals surface area contributed by atoms with Crippen LogP contribution in [0.2, 0.25) is 0 Å². The largest absolute Gasteiger partial charge is 0.472 e. The Morgan fingerprint density at radius 3 is 2.04 bits per heavy atom. The number of benzene rings is 2. The first-order chi connectivity index (χ1) is 12.6. The molecule has 0 aliphatic carbocycles. The highest BCUT2D eigenvalue weighted by Gasteiger charge is 2.08. The van der Waals surface area contributed by atoms with Crippen LogP contribution in [0.3, 0.4) is 0 Å². The minimum atomic E-state index is -0.333. The maximum Gasteiger partial charge on any atom is 0.234 e. The molecule has 0 spiro atoms. The predicted octanol–water partition coefficient (Wildman–Crippen LogP) is 3.88. The Balaban J connectivity index is 1.58. The second kappa shape index (κ2) is 8.15. The van der Waals surface area contributed by atoms with Gasteiger partial charge in [-0.2, -0.15) is 0 Å². The van der Waals surface area contributed by atoms with E-state index in [2.05, 4.69) is 9.97 Å². The average Bonchev–Trinajstić information content (AvgIpc) is 2.67. The molecule has 0 aliphatic rings. The van der Waals surface area contributed by atoms with Crippen molar-refractivity contribution in [1.29, 1.82) is 5.41 Å². The molecule has 1 N–H and O–H groups in total. The third-order valence-corrected chi connectivity index (χ3v) is 3.44. The van der Waals surface area contributed by atoms with Gasteiger partial charge in [0, 0.05) is 0 Å². The van der Waals surface area contributed by atoms with Crippen molar-refractivity contribution in [3.05, 3.63) is 89.4 Å². The number of nitrogens with zero attached hydrogens (tertiary/aromatic N) is 2. The summed E-state index contributed by atoms with van der Waals surface area (Å²) in [6.07, 6.45) is 2.80. The van der Waals surface area contributed by atoms with Crippen molar-refractivity contribution in [1.82, 2.24) is 9.97 Å². The second-order valence-corrected chi connectivity index (χ2v) is 5.40. The summed E-state index contributed by atoms with van der Waals surface area (Å²) in [4.78, 5) is 8.14. The van der Waals surface area contributed by atoms with Gasteiger partial charge in [-0.05, 0) is 35.4 Å². The maximum absolute atomic E-state index is 12.9. The Bertz CT molecular complexity index is 884. The molecule has 7 heteroatoms. The third-order valence-electron chi connectivity index (χ3n) is 3.44. The molecule has 26 heavy (non-hydrogen) atoms. The van der Waals surface area contributed by atoms with E-state index in [0.29, 0.717) is 0 Å². The monoisotopic (exact) mass is 355 g/mol. The van der Waals surface area contributed by atoms with Gasteiger partial charge in [-0.1, -0.05) is 24.3 Å². The Hall–Kier alpha value is -3.35. The molecule has 1 heterocycles. The van der Waals surface area contributed by atoms with Crippen LogP contribution in [0, 0.1) is 17.0 Å². The highest BCUT2D eigenvalue weighted by atomic mass is 19.1. The van der Waals surface area contributed by atoms with Gasteiger partial charge in [-0.15, -0.1) is 0 Å². The number of hydrogen-bond donors (Lipinski definition) is 1. The summed E-state index contributed by atoms with van der Waals surface area (Å²) in [5, 5.41) is 7.94. The SMILES string of the molecule is N=C(OCc1ccc(F)cc1)c1cncc(OCc2ccc(F)cc2)n1. The van der Waals surface area contributed by atoms with Crippen molar-refractivity contribution in [3.8, 4) is 5.88 Å². The topological polar surface area (TPSA) is 68.1 Å². The van der Waals surface area contributed by atoms with Gasteiger partial charge >= 0.3 is 0 Å². The molecule has 132 valence electrons. The molecule has 0 amide bonds. The van der Waals surface area contributed by atoms with Crippen molar-refractivity contribution in [2.45, 2.75) is 13.2 Å². The van der Waals surface area contributed by atoms with Crippen molar-refractivity contribution < 1.29 is 18.3 Å². The third kappa shape index (κ3) is 4.83. The molecule has 0 bridgehead atoms. The quantitative estimate of drug-likeness (QED) is 0.538. The minimum Gasteiger partial charge on any atom is -0.472 e. The van der Waals surface area contributed by atoms with E-state index in [1.54, 1.807) is 24.3 Å². The summed E-state index contributed by atoms with van der Waals surface area (Å²) in [5.74, 6) is -0.598. The van der Waals surface area contributed by atoms with Crippen LogP contribution in [0.25, 0.3) is 0 Å². The molecule has 0 radical (unpaired) electrons. The normalized spacial score (nSPS) is 10.4. The molecule has 3 rings (SSSR count). The second-order valence-electron chi connectivity index (χ2n) is 5.40. The lowest BCUT2D eigenvalue weighted by atomic mass is 10.2. The zero-order valence-electron chi connectivity index (χ0n) is 13.7. The molecule has 5 nitrogen and oxygen atoms in total. The highest BCUT2D eigenvalue weighted by Crippen LogP contribution is 2.11. The van der Waals surface area contributed by atoms with Gasteiger partial charge in [0.15, 0.2) is 0 Å². The fraction of sp³-hybridized carbons (Fsp3) is 0.105. The molecule has 0 saturated heterocycles. The lowest BCUT2D eigenvalue weighted by Crippen LogP contribution is -2.09. The predicted molar refractivity (Wildman–Crippen MR) is 90.8 cm³/mol. The first kappa shape index (κ1) is 17.5. The first-order valence-electron chi connectivity index (χ1n) is 7.75. The summed E-state index contributed by atoms with van der Waals surface area (Å²) in [5.41, 5.74) is 1.72. The van der Waals surface area contributed by atoms with Crippen molar-refractivity contribution in [2.24, 2.45) is 0 Å². The molecule has 0 aliphatic heterocycles. The standard InChI is InChI=1S/C19H15F2N3O2/c20-15-5-1-13(2-6-15)11-25-18-10-23-9-17(24-18)19(22)26-12-14-3-7-16(21)8-4-14/h1-10,22H,11-12H2. The Morgan fingerprint density at radius 1 is 0.846 bits per heavy atom. The minimum absolute atomic E-state index is 0.113. The van der Waals surface area contributed by atoms with Crippen LogP contribution < -0.4 is 4.74 Å². The molecule has 0 unspecified atom stereocenters. The van der Waals surface area contributed by atoms with E-state index < -0.39 is 0 Å². The summed E-state index contributed by atoms with van der Waals surface area (Å²) >= 11 is 0. The maximum atomic E-state index is 12.9. The zero-order chi connectivity index (χ0) is 18.4. The molecule has 0 atom stereocenters. The Kier molecular flexibility index (Phi) is 5.48. The molecular formula is C19H15F2N3O2. The summed E-state index contributed by atoms with van der Waals surface area (Å²) in [6.45, 7) is 0.309. The van der Waals surface area contributed by atoms with E-state index in [9.17, 15) is 8.78 Å². The van der Waals surface area contributed by atoms with Crippen LogP contribution in [0.4, 0.5) is 8.78 Å². The van der Waals surface area contributed by atoms with E-state index in [0.717, 1.165) is 11.1 Å². The summed E-state index contributed by atoms with van der Waals surface area (Å²) in [7, 11) is 0. The van der Waals surface area contributed by atoms with Crippen LogP contribution in [-0.4, -0.2) is 15.9 Å². The molecule has 0 fully saturated rings. The summed E-state index contributed by atoms with van der Waals surface area (Å²) < 4.78 is 36.6. The van der Waals surface area contributed by atoms with E-state index >= 15 is 0 Å². The van der Waals surface area contributed by atoms with Gasteiger partial charge in [-0.25, -0.2) is 13.8 Å². The Labute approximate surface area is 148 Å². The van der Waals surface area contributed by atoms with Crippen LogP contribution in [0.5, 0.6) is 5.88 Å². The highest BCUT2D eigenvalue weighted by molar-refractivity contribution is 5.89. The smallest absolute Gasteiger partial charge is 0.234 e. The summed E-state index contributed by atoms with van der Waals surface area (Å²) in [6, 6.07) is 11.7. The number of ether oxygens (including phenoxy) is 2. The van der Waals surface area contributed by atoms with E-state index in [1.165, 1.54) is 36.7 Å². The molecule has 3 aromatic rings. The van der Waals surface area contributed by atoms with Gasteiger partial charge in [0.05, 0.1) is 12.4 Å². The van der Waals surface area contributed by atoms with Gasteiger partial charge in [-0.3, -0.25) is 10.4 Å². The molecule has 1 aromatic heterocycles. The number of halogens is 2. The van der Waals surface area contributed by atoms with Crippen LogP contribution in [0.1, 0.15) is 16.8 Å². The fourth-order valence-corrected chi connectivity index (χ4v) is 2.08. The lowest BCUT2D eigenvalue weighted by Gasteiger charge is -2.09. The van der Waals surface area contributed by atoms with Crippen LogP contribution in [-0.2, 0) is 18.0 Å². The zero-order valence-corrected chi connectivity index (χ0v) is 13.7. The van der Waals surface area contributed by atoms with Crippen LogP contribution >= 0.6 is 0 Å². The Morgan fingerprint density at radius 2 is 1.42 bits per heavy atom. The number of nitrogens with one attached hydrogen (secondary N) is 1. The van der Waals surface area contributed by atoms with Gasteiger partial charge < -0.3 is 9.47 Å². The van der Waals surface area contributed by atoms with E-state index in [1.807, 2.05) is 0 Å². The van der Waals surface area contributed by atoms with Gasteiger partial charge in [0.1, 0.15) is 30.5 Å². The van der Waals surface area contributed by atoms with Gasteiger partial charge in [0.2, 0.25) is 11.8 Å². The molecule has 2 aromatic carbocycles.